The zero-order chi connectivity index (χ0) is 8.43. The van der Waals surface area contributed by atoms with E-state index in [2.05, 4.69) is 9.68 Å². The second-order valence-electron chi connectivity index (χ2n) is 1.61. The number of aromatic nitrogens is 1. The van der Waals surface area contributed by atoms with E-state index in [9.17, 15) is 14.9 Å². The van der Waals surface area contributed by atoms with Crippen molar-refractivity contribution in [1.82, 2.24) is 5.16 Å². The van der Waals surface area contributed by atoms with E-state index in [4.69, 9.17) is 5.11 Å². The Morgan fingerprint density at radius 2 is 2.45 bits per heavy atom. The minimum absolute atomic E-state index is 0.545. The van der Waals surface area contributed by atoms with E-state index in [-0.39, 0.29) is 0 Å². The molecule has 7 nitrogen and oxygen atoms in total. The van der Waals surface area contributed by atoms with Gasteiger partial charge in [0.1, 0.15) is 0 Å². The van der Waals surface area contributed by atoms with Gasteiger partial charge in [-0.25, -0.2) is 9.32 Å². The van der Waals surface area contributed by atoms with Crippen molar-refractivity contribution in [1.29, 1.82) is 0 Å². The molecule has 1 aromatic rings. The van der Waals surface area contributed by atoms with Crippen LogP contribution in [-0.2, 0) is 0 Å². The molecule has 1 rings (SSSR count). The highest BCUT2D eigenvalue weighted by Crippen LogP contribution is 2.10. The van der Waals surface area contributed by atoms with Crippen LogP contribution in [0.25, 0.3) is 0 Å². The summed E-state index contributed by atoms with van der Waals surface area (Å²) in [7, 11) is 0. The molecule has 0 aromatic carbocycles. The third kappa shape index (κ3) is 1.31. The Hall–Kier alpha value is -1.92. The first kappa shape index (κ1) is 7.19. The molecule has 1 N–H and O–H groups in total. The highest BCUT2D eigenvalue weighted by Gasteiger charge is 2.19. The Morgan fingerprint density at radius 3 is 2.73 bits per heavy atom. The first-order valence-electron chi connectivity index (χ1n) is 2.45. The highest BCUT2D eigenvalue weighted by molar-refractivity contribution is 5.84. The number of hydrogen-bond donors (Lipinski definition) is 1. The fourth-order valence-electron chi connectivity index (χ4n) is 0.453. The quantitative estimate of drug-likeness (QED) is 0.489. The van der Waals surface area contributed by atoms with E-state index >= 15 is 0 Å². The first-order chi connectivity index (χ1) is 5.11. The van der Waals surface area contributed by atoms with Gasteiger partial charge in [-0.05, 0) is 4.92 Å². The molecule has 0 bridgehead atoms. The van der Waals surface area contributed by atoms with E-state index in [0.717, 1.165) is 6.07 Å². The molecule has 0 aliphatic carbocycles. The second kappa shape index (κ2) is 2.37. The van der Waals surface area contributed by atoms with Crippen molar-refractivity contribution in [3.8, 4) is 0 Å². The van der Waals surface area contributed by atoms with Crippen LogP contribution in [0.15, 0.2) is 10.6 Å². The average molecular weight is 158 g/mol. The molecule has 0 saturated carbocycles. The molecule has 0 amide bonds. The second-order valence-corrected chi connectivity index (χ2v) is 1.61. The molecular formula is C4H2N2O5. The van der Waals surface area contributed by atoms with Gasteiger partial charge in [-0.1, -0.05) is 0 Å². The maximum atomic E-state index is 10.1. The molecule has 0 saturated heterocycles. The maximum absolute atomic E-state index is 10.1. The molecule has 0 radical (unpaired) electrons. The summed E-state index contributed by atoms with van der Waals surface area (Å²) in [5, 5.41) is 21.0. The van der Waals surface area contributed by atoms with E-state index in [0.29, 0.717) is 0 Å². The molecule has 0 unspecified atom stereocenters. The minimum Gasteiger partial charge on any atom is -0.475 e. The van der Waals surface area contributed by atoms with Crippen LogP contribution in [0.5, 0.6) is 0 Å². The van der Waals surface area contributed by atoms with Crippen molar-refractivity contribution in [3.63, 3.8) is 0 Å². The number of carboxylic acids is 1. The van der Waals surface area contributed by atoms with Crippen molar-refractivity contribution < 1.29 is 19.3 Å². The van der Waals surface area contributed by atoms with E-state index < -0.39 is 22.5 Å². The lowest BCUT2D eigenvalue weighted by Crippen LogP contribution is -1.92. The number of nitro groups is 1. The van der Waals surface area contributed by atoms with Crippen LogP contribution in [-0.4, -0.2) is 21.2 Å². The predicted octanol–water partition coefficient (Wildman–Crippen LogP) is 0.281. The molecule has 1 aromatic heterocycles. The highest BCUT2D eigenvalue weighted by atomic mass is 16.6. The van der Waals surface area contributed by atoms with Gasteiger partial charge in [0.05, 0.1) is 6.07 Å². The summed E-state index contributed by atoms with van der Waals surface area (Å²) in [6.07, 6.45) is 0. The smallest absolute Gasteiger partial charge is 0.414 e. The number of aromatic carboxylic acids is 1. The van der Waals surface area contributed by atoms with Crippen molar-refractivity contribution in [2.24, 2.45) is 0 Å². The van der Waals surface area contributed by atoms with Crippen LogP contribution in [0, 0.1) is 10.1 Å². The molecule has 0 atom stereocenters. The molecule has 0 spiro atoms. The summed E-state index contributed by atoms with van der Waals surface area (Å²) in [6.45, 7) is 0. The third-order valence-corrected chi connectivity index (χ3v) is 0.896. The molecule has 0 fully saturated rings. The molecule has 1 heterocycles. The van der Waals surface area contributed by atoms with Gasteiger partial charge in [0.15, 0.2) is 5.16 Å². The molecule has 11 heavy (non-hydrogen) atoms. The van der Waals surface area contributed by atoms with Crippen molar-refractivity contribution in [3.05, 3.63) is 21.9 Å². The van der Waals surface area contributed by atoms with E-state index in [1.807, 2.05) is 0 Å². The van der Waals surface area contributed by atoms with Gasteiger partial charge in [-0.15, -0.1) is 0 Å². The van der Waals surface area contributed by atoms with Gasteiger partial charge in [-0.3, -0.25) is 0 Å². The van der Waals surface area contributed by atoms with Gasteiger partial charge in [0, 0.05) is 0 Å². The Labute approximate surface area is 59.4 Å². The van der Waals surface area contributed by atoms with Crippen molar-refractivity contribution in [2.45, 2.75) is 0 Å². The van der Waals surface area contributed by atoms with Crippen LogP contribution in [0.3, 0.4) is 0 Å². The fourth-order valence-corrected chi connectivity index (χ4v) is 0.453. The number of carboxylic acid groups (broad SMARTS) is 1. The van der Waals surface area contributed by atoms with Crippen LogP contribution in [0.2, 0.25) is 0 Å². The lowest BCUT2D eigenvalue weighted by Gasteiger charge is -1.80. The third-order valence-electron chi connectivity index (χ3n) is 0.896. The largest absolute Gasteiger partial charge is 0.475 e. The summed E-state index contributed by atoms with van der Waals surface area (Å²) < 4.78 is 4.10. The summed E-state index contributed by atoms with van der Waals surface area (Å²) in [6, 6.07) is 0.738. The molecule has 0 aliphatic rings. The molecular weight excluding hydrogens is 156 g/mol. The molecule has 58 valence electrons. The predicted molar refractivity (Wildman–Crippen MR) is 30.1 cm³/mol. The van der Waals surface area contributed by atoms with Crippen LogP contribution in [0.1, 0.15) is 10.6 Å². The SMILES string of the molecule is O=C(O)c1cc([N+](=O)[O-])no1. The van der Waals surface area contributed by atoms with Gasteiger partial charge >= 0.3 is 11.8 Å². The van der Waals surface area contributed by atoms with Crippen LogP contribution >= 0.6 is 0 Å². The van der Waals surface area contributed by atoms with Crippen LogP contribution < -0.4 is 0 Å². The zero-order valence-corrected chi connectivity index (χ0v) is 5.05. The van der Waals surface area contributed by atoms with E-state index in [1.54, 1.807) is 0 Å². The van der Waals surface area contributed by atoms with Crippen molar-refractivity contribution in [2.75, 3.05) is 0 Å². The Kier molecular flexibility index (Phi) is 1.55. The van der Waals surface area contributed by atoms with Gasteiger partial charge < -0.3 is 15.2 Å². The topological polar surface area (TPSA) is 106 Å². The lowest BCUT2D eigenvalue weighted by molar-refractivity contribution is -0.390. The molecule has 0 aliphatic heterocycles. The zero-order valence-electron chi connectivity index (χ0n) is 5.05. The normalized spacial score (nSPS) is 9.45. The van der Waals surface area contributed by atoms with Crippen molar-refractivity contribution >= 4 is 11.8 Å². The number of hydrogen-bond acceptors (Lipinski definition) is 5. The monoisotopic (exact) mass is 158 g/mol. The summed E-state index contributed by atoms with van der Waals surface area (Å²) in [4.78, 5) is 19.2. The first-order valence-corrected chi connectivity index (χ1v) is 2.45. The van der Waals surface area contributed by atoms with E-state index in [1.165, 1.54) is 0 Å². The summed E-state index contributed by atoms with van der Waals surface area (Å²) in [5.74, 6) is -2.54. The van der Waals surface area contributed by atoms with Gasteiger partial charge in [-0.2, -0.15) is 0 Å². The summed E-state index contributed by atoms with van der Waals surface area (Å²) in [5.41, 5.74) is 0. The number of nitrogens with zero attached hydrogens (tertiary/aromatic N) is 2. The standard InChI is InChI=1S/C4H2N2O5/c7-4(8)2-1-3(5-11-2)6(9)10/h1H,(H,7,8). The number of rotatable bonds is 2. The average Bonchev–Trinajstić information content (AvgIpc) is 2.33. The fraction of sp³-hybridized carbons (Fsp3) is 0. The Bertz CT molecular complexity index is 275. The van der Waals surface area contributed by atoms with Gasteiger partial charge in [0.25, 0.3) is 5.76 Å². The number of carbonyl (C=O) groups is 1. The van der Waals surface area contributed by atoms with Gasteiger partial charge in [0.2, 0.25) is 0 Å². The Morgan fingerprint density at radius 1 is 1.82 bits per heavy atom. The van der Waals surface area contributed by atoms with Crippen LogP contribution in [0.4, 0.5) is 5.82 Å². The summed E-state index contributed by atoms with van der Waals surface area (Å²) >= 11 is 0. The minimum atomic E-state index is -1.38. The molecule has 7 heteroatoms. The maximum Gasteiger partial charge on any atom is 0.414 e. The lowest BCUT2D eigenvalue weighted by atomic mass is 10.4. The Balaban J connectivity index is 2.99.